The van der Waals surface area contributed by atoms with Gasteiger partial charge in [-0.05, 0) is 37.1 Å². The van der Waals surface area contributed by atoms with Crippen molar-refractivity contribution in [3.8, 4) is 0 Å². The first-order chi connectivity index (χ1) is 9.68. The summed E-state index contributed by atoms with van der Waals surface area (Å²) in [5, 5.41) is 3.91. The van der Waals surface area contributed by atoms with Crippen LogP contribution in [0.5, 0.6) is 0 Å². The molecule has 1 aromatic heterocycles. The van der Waals surface area contributed by atoms with Crippen LogP contribution in [-0.2, 0) is 6.18 Å². The van der Waals surface area contributed by atoms with Gasteiger partial charge in [0, 0.05) is 0 Å². The Kier molecular flexibility index (Phi) is 3.71. The van der Waals surface area contributed by atoms with Crippen molar-refractivity contribution in [2.24, 2.45) is 5.10 Å². The number of hydrogen-bond donors (Lipinski definition) is 1. The van der Waals surface area contributed by atoms with Crippen LogP contribution in [0, 0.1) is 19.7 Å². The number of anilines is 1. The highest BCUT2D eigenvalue weighted by Crippen LogP contribution is 2.33. The first-order valence-corrected chi connectivity index (χ1v) is 5.91. The third-order valence-electron chi connectivity index (χ3n) is 2.75. The minimum Gasteiger partial charge on any atom is -0.368 e. The molecule has 0 saturated heterocycles. The third kappa shape index (κ3) is 3.21. The van der Waals surface area contributed by atoms with Crippen LogP contribution in [0.4, 0.5) is 23.5 Å². The molecular weight excluding hydrogens is 288 g/mol. The molecule has 0 unspecified atom stereocenters. The van der Waals surface area contributed by atoms with Gasteiger partial charge in [0.2, 0.25) is 5.95 Å². The predicted octanol–water partition coefficient (Wildman–Crippen LogP) is 3.12. The predicted molar refractivity (Wildman–Crippen MR) is 70.5 cm³/mol. The lowest BCUT2D eigenvalue weighted by atomic mass is 10.1. The lowest BCUT2D eigenvalue weighted by Gasteiger charge is -2.10. The number of nitrogens with zero attached hydrogens (tertiary/aromatic N) is 3. The zero-order valence-corrected chi connectivity index (χ0v) is 11.2. The number of aryl methyl sites for hydroxylation is 2. The van der Waals surface area contributed by atoms with Gasteiger partial charge in [-0.1, -0.05) is 0 Å². The van der Waals surface area contributed by atoms with Crippen LogP contribution in [0.2, 0.25) is 0 Å². The summed E-state index contributed by atoms with van der Waals surface area (Å²) in [6.45, 7) is 2.96. The van der Waals surface area contributed by atoms with Gasteiger partial charge in [-0.3, -0.25) is 0 Å². The Balaban J connectivity index is 2.41. The second-order valence-electron chi connectivity index (χ2n) is 4.53. The number of hydrogen-bond acceptors (Lipinski definition) is 3. The molecule has 0 aliphatic rings. The highest BCUT2D eigenvalue weighted by molar-refractivity contribution is 5.80. The summed E-state index contributed by atoms with van der Waals surface area (Å²) in [5.41, 5.74) is 4.86. The molecule has 8 heteroatoms. The smallest absolute Gasteiger partial charge is 0.368 e. The summed E-state index contributed by atoms with van der Waals surface area (Å²) in [7, 11) is 0. The third-order valence-corrected chi connectivity index (χ3v) is 2.75. The summed E-state index contributed by atoms with van der Waals surface area (Å²) >= 11 is 0. The molecule has 2 rings (SSSR count). The average molecular weight is 300 g/mol. The van der Waals surface area contributed by atoms with Gasteiger partial charge in [-0.25, -0.2) is 14.1 Å². The molecule has 0 aliphatic heterocycles. The first-order valence-electron chi connectivity index (χ1n) is 5.91. The second kappa shape index (κ2) is 5.19. The SMILES string of the molecule is Cc1cn(N=Cc2cc(C)c(F)c(C(F)(F)F)c2)c(N)n1. The van der Waals surface area contributed by atoms with Crippen molar-refractivity contribution in [2.75, 3.05) is 5.73 Å². The van der Waals surface area contributed by atoms with E-state index in [2.05, 4.69) is 10.1 Å². The van der Waals surface area contributed by atoms with Gasteiger partial charge < -0.3 is 5.73 Å². The van der Waals surface area contributed by atoms with Crippen LogP contribution in [0.25, 0.3) is 0 Å². The van der Waals surface area contributed by atoms with Gasteiger partial charge in [0.1, 0.15) is 5.82 Å². The van der Waals surface area contributed by atoms with Crippen molar-refractivity contribution >= 4 is 12.2 Å². The molecule has 0 fully saturated rings. The fourth-order valence-electron chi connectivity index (χ4n) is 1.80. The van der Waals surface area contributed by atoms with E-state index in [9.17, 15) is 17.6 Å². The number of benzene rings is 1. The standard InChI is InChI=1S/C13H12F4N4/c1-7-3-9(4-10(11(7)14)13(15,16)17)5-19-21-6-8(2)20-12(21)18/h3-6H,1-2H3,(H2,18,20). The van der Waals surface area contributed by atoms with Crippen molar-refractivity contribution in [1.29, 1.82) is 0 Å². The monoisotopic (exact) mass is 300 g/mol. The number of nitrogens with two attached hydrogens (primary N) is 1. The van der Waals surface area contributed by atoms with E-state index >= 15 is 0 Å². The van der Waals surface area contributed by atoms with E-state index < -0.39 is 17.6 Å². The first kappa shape index (κ1) is 15.0. The average Bonchev–Trinajstić information content (AvgIpc) is 2.67. The molecule has 0 aliphatic carbocycles. The van der Waals surface area contributed by atoms with Gasteiger partial charge in [0.25, 0.3) is 0 Å². The van der Waals surface area contributed by atoms with Crippen LogP contribution in [0.3, 0.4) is 0 Å². The molecule has 0 spiro atoms. The Bertz CT molecular complexity index is 701. The van der Waals surface area contributed by atoms with E-state index in [0.717, 1.165) is 0 Å². The van der Waals surface area contributed by atoms with E-state index in [0.29, 0.717) is 11.8 Å². The van der Waals surface area contributed by atoms with Gasteiger partial charge in [0.15, 0.2) is 0 Å². The van der Waals surface area contributed by atoms with Crippen LogP contribution >= 0.6 is 0 Å². The quantitative estimate of drug-likeness (QED) is 0.684. The van der Waals surface area contributed by atoms with Crippen LogP contribution in [0.15, 0.2) is 23.4 Å². The van der Waals surface area contributed by atoms with Crippen LogP contribution in [0.1, 0.15) is 22.4 Å². The Labute approximate surface area is 117 Å². The van der Waals surface area contributed by atoms with Crippen molar-refractivity contribution in [3.05, 3.63) is 46.5 Å². The molecule has 1 aromatic carbocycles. The number of aromatic nitrogens is 2. The maximum absolute atomic E-state index is 13.5. The molecule has 2 N–H and O–H groups in total. The number of halogens is 4. The number of rotatable bonds is 2. The number of alkyl halides is 3. The fraction of sp³-hybridized carbons (Fsp3) is 0.231. The Morgan fingerprint density at radius 1 is 1.29 bits per heavy atom. The van der Waals surface area contributed by atoms with Crippen molar-refractivity contribution < 1.29 is 17.6 Å². The van der Waals surface area contributed by atoms with E-state index in [1.54, 1.807) is 6.92 Å². The van der Waals surface area contributed by atoms with E-state index in [1.807, 2.05) is 0 Å². The Morgan fingerprint density at radius 2 is 1.95 bits per heavy atom. The zero-order chi connectivity index (χ0) is 15.8. The molecule has 0 saturated carbocycles. The summed E-state index contributed by atoms with van der Waals surface area (Å²) in [6.07, 6.45) is -2.07. The van der Waals surface area contributed by atoms with E-state index in [4.69, 9.17) is 5.73 Å². The Morgan fingerprint density at radius 3 is 2.48 bits per heavy atom. The molecule has 0 atom stereocenters. The molecule has 4 nitrogen and oxygen atoms in total. The second-order valence-corrected chi connectivity index (χ2v) is 4.53. The minimum atomic E-state index is -4.76. The maximum atomic E-state index is 13.5. The summed E-state index contributed by atoms with van der Waals surface area (Å²) < 4.78 is 52.9. The normalized spacial score (nSPS) is 12.3. The number of imidazole rings is 1. The van der Waals surface area contributed by atoms with Crippen molar-refractivity contribution in [2.45, 2.75) is 20.0 Å². The van der Waals surface area contributed by atoms with Gasteiger partial charge in [-0.15, -0.1) is 0 Å². The number of nitrogen functional groups attached to an aromatic ring is 1. The van der Waals surface area contributed by atoms with Crippen LogP contribution in [-0.4, -0.2) is 15.9 Å². The van der Waals surface area contributed by atoms with Gasteiger partial charge >= 0.3 is 6.18 Å². The largest absolute Gasteiger partial charge is 0.419 e. The molecular formula is C13H12F4N4. The molecule has 1 heterocycles. The van der Waals surface area contributed by atoms with E-state index in [-0.39, 0.29) is 17.1 Å². The lowest BCUT2D eigenvalue weighted by molar-refractivity contribution is -0.140. The molecule has 0 radical (unpaired) electrons. The topological polar surface area (TPSA) is 56.2 Å². The van der Waals surface area contributed by atoms with Crippen molar-refractivity contribution in [1.82, 2.24) is 9.66 Å². The summed E-state index contributed by atoms with van der Waals surface area (Å²) in [6, 6.07) is 1.97. The summed E-state index contributed by atoms with van der Waals surface area (Å²) in [5.74, 6) is -1.17. The van der Waals surface area contributed by atoms with Gasteiger partial charge in [-0.2, -0.15) is 18.3 Å². The molecule has 2 aromatic rings. The van der Waals surface area contributed by atoms with E-state index in [1.165, 1.54) is 30.1 Å². The summed E-state index contributed by atoms with van der Waals surface area (Å²) in [4.78, 5) is 3.90. The molecule has 21 heavy (non-hydrogen) atoms. The maximum Gasteiger partial charge on any atom is 0.419 e. The highest BCUT2D eigenvalue weighted by Gasteiger charge is 2.34. The molecule has 0 amide bonds. The molecule has 112 valence electrons. The van der Waals surface area contributed by atoms with Crippen LogP contribution < -0.4 is 5.73 Å². The zero-order valence-electron chi connectivity index (χ0n) is 11.2. The minimum absolute atomic E-state index is 0.110. The van der Waals surface area contributed by atoms with Gasteiger partial charge in [0.05, 0.1) is 23.7 Å². The lowest BCUT2D eigenvalue weighted by Crippen LogP contribution is -2.10. The Hall–Kier alpha value is -2.38. The fourth-order valence-corrected chi connectivity index (χ4v) is 1.80. The van der Waals surface area contributed by atoms with Crippen molar-refractivity contribution in [3.63, 3.8) is 0 Å². The highest BCUT2D eigenvalue weighted by atomic mass is 19.4. The molecule has 0 bridgehead atoms.